The van der Waals surface area contributed by atoms with Crippen LogP contribution in [0.25, 0.3) is 22.2 Å². The zero-order valence-electron chi connectivity index (χ0n) is 15.0. The molecule has 0 aliphatic carbocycles. The fourth-order valence-corrected chi connectivity index (χ4v) is 3.19. The molecule has 8 heteroatoms. The summed E-state index contributed by atoms with van der Waals surface area (Å²) in [5, 5.41) is 4.34. The molecule has 0 atom stereocenters. The molecule has 0 saturated carbocycles. The van der Waals surface area contributed by atoms with E-state index < -0.39 is 17.5 Å². The number of fused-ring (bicyclic) bond motifs is 1. The number of aryl methyl sites for hydroxylation is 2. The SMILES string of the molecule is Cc1nn(C)c(C)c1Cn1c(=O)oc2c(F)cc(-c3ccc(F)nc3)cc21. The summed E-state index contributed by atoms with van der Waals surface area (Å²) in [6.45, 7) is 3.96. The van der Waals surface area contributed by atoms with Crippen LogP contribution >= 0.6 is 0 Å². The highest BCUT2D eigenvalue weighted by atomic mass is 19.1. The highest BCUT2D eigenvalue weighted by Crippen LogP contribution is 2.27. The van der Waals surface area contributed by atoms with Crippen molar-refractivity contribution in [1.29, 1.82) is 0 Å². The van der Waals surface area contributed by atoms with Crippen LogP contribution < -0.4 is 5.76 Å². The molecule has 4 aromatic rings. The van der Waals surface area contributed by atoms with Crippen LogP contribution in [0.3, 0.4) is 0 Å². The quantitative estimate of drug-likeness (QED) is 0.519. The van der Waals surface area contributed by atoms with Gasteiger partial charge in [0.15, 0.2) is 11.4 Å². The highest BCUT2D eigenvalue weighted by molar-refractivity contribution is 5.81. The van der Waals surface area contributed by atoms with E-state index in [1.165, 1.54) is 29.0 Å². The summed E-state index contributed by atoms with van der Waals surface area (Å²) in [4.78, 5) is 16.0. The monoisotopic (exact) mass is 370 g/mol. The largest absolute Gasteiger partial charge is 0.420 e. The number of pyridine rings is 1. The van der Waals surface area contributed by atoms with Crippen LogP contribution in [0.4, 0.5) is 8.78 Å². The van der Waals surface area contributed by atoms with Gasteiger partial charge in [-0.1, -0.05) is 0 Å². The van der Waals surface area contributed by atoms with Crippen LogP contribution in [0.2, 0.25) is 0 Å². The Morgan fingerprint density at radius 1 is 1.15 bits per heavy atom. The second-order valence-electron chi connectivity index (χ2n) is 6.40. The van der Waals surface area contributed by atoms with Crippen molar-refractivity contribution in [3.63, 3.8) is 0 Å². The predicted molar refractivity (Wildman–Crippen MR) is 95.4 cm³/mol. The van der Waals surface area contributed by atoms with Crippen LogP contribution in [0.5, 0.6) is 0 Å². The first-order valence-corrected chi connectivity index (χ1v) is 8.29. The molecule has 0 saturated heterocycles. The van der Waals surface area contributed by atoms with E-state index in [4.69, 9.17) is 4.42 Å². The van der Waals surface area contributed by atoms with E-state index in [-0.39, 0.29) is 12.1 Å². The Morgan fingerprint density at radius 3 is 2.56 bits per heavy atom. The summed E-state index contributed by atoms with van der Waals surface area (Å²) in [5.41, 5.74) is 3.79. The van der Waals surface area contributed by atoms with E-state index in [0.717, 1.165) is 17.0 Å². The van der Waals surface area contributed by atoms with E-state index in [2.05, 4.69) is 10.1 Å². The Labute approximate surface area is 152 Å². The van der Waals surface area contributed by atoms with Gasteiger partial charge < -0.3 is 4.42 Å². The summed E-state index contributed by atoms with van der Waals surface area (Å²) in [6.07, 6.45) is 1.31. The van der Waals surface area contributed by atoms with Crippen LogP contribution in [-0.2, 0) is 13.6 Å². The van der Waals surface area contributed by atoms with Crippen molar-refractivity contribution in [1.82, 2.24) is 19.3 Å². The number of rotatable bonds is 3. The van der Waals surface area contributed by atoms with E-state index in [9.17, 15) is 13.6 Å². The molecule has 0 unspecified atom stereocenters. The smallest absolute Gasteiger partial charge is 0.405 e. The van der Waals surface area contributed by atoms with Gasteiger partial charge in [0.2, 0.25) is 5.95 Å². The van der Waals surface area contributed by atoms with Crippen LogP contribution in [-0.4, -0.2) is 19.3 Å². The van der Waals surface area contributed by atoms with E-state index in [1.807, 2.05) is 20.9 Å². The molecule has 0 fully saturated rings. The molecule has 0 aliphatic heterocycles. The average Bonchev–Trinajstić information content (AvgIpc) is 3.07. The number of hydrogen-bond acceptors (Lipinski definition) is 4. The zero-order valence-corrected chi connectivity index (χ0v) is 15.0. The lowest BCUT2D eigenvalue weighted by Crippen LogP contribution is -2.15. The Morgan fingerprint density at radius 2 is 1.93 bits per heavy atom. The van der Waals surface area contributed by atoms with Gasteiger partial charge in [-0.2, -0.15) is 9.49 Å². The zero-order chi connectivity index (χ0) is 19.3. The van der Waals surface area contributed by atoms with Crippen molar-refractivity contribution in [3.05, 3.63) is 69.7 Å². The molecule has 3 heterocycles. The molecule has 138 valence electrons. The lowest BCUT2D eigenvalue weighted by atomic mass is 10.1. The Kier molecular flexibility index (Phi) is 3.91. The molecule has 0 N–H and O–H groups in total. The lowest BCUT2D eigenvalue weighted by Gasteiger charge is -2.06. The Hall–Kier alpha value is -3.29. The van der Waals surface area contributed by atoms with Crippen LogP contribution in [0, 0.1) is 25.6 Å². The third kappa shape index (κ3) is 2.83. The van der Waals surface area contributed by atoms with Crippen LogP contribution in [0.15, 0.2) is 39.7 Å². The Bertz CT molecular complexity index is 1220. The molecule has 27 heavy (non-hydrogen) atoms. The average molecular weight is 370 g/mol. The molecule has 0 bridgehead atoms. The normalized spacial score (nSPS) is 11.4. The van der Waals surface area contributed by atoms with Gasteiger partial charge in [0.25, 0.3) is 0 Å². The minimum absolute atomic E-state index is 0.113. The fourth-order valence-electron chi connectivity index (χ4n) is 3.19. The Balaban J connectivity index is 1.89. The fraction of sp³-hybridized carbons (Fsp3) is 0.211. The predicted octanol–water partition coefficient (Wildman–Crippen LogP) is 3.33. The van der Waals surface area contributed by atoms with Crippen molar-refractivity contribution < 1.29 is 13.2 Å². The number of halogens is 2. The summed E-state index contributed by atoms with van der Waals surface area (Å²) < 4.78 is 35.8. The van der Waals surface area contributed by atoms with Gasteiger partial charge in [0, 0.05) is 30.1 Å². The van der Waals surface area contributed by atoms with Gasteiger partial charge in [0.05, 0.1) is 17.8 Å². The van der Waals surface area contributed by atoms with Crippen molar-refractivity contribution in [2.24, 2.45) is 7.05 Å². The lowest BCUT2D eigenvalue weighted by molar-refractivity contribution is 0.498. The summed E-state index contributed by atoms with van der Waals surface area (Å²) in [7, 11) is 1.82. The summed E-state index contributed by atoms with van der Waals surface area (Å²) in [6, 6.07) is 5.58. The van der Waals surface area contributed by atoms with Crippen LogP contribution in [0.1, 0.15) is 17.0 Å². The maximum absolute atomic E-state index is 14.5. The molecule has 0 spiro atoms. The number of nitrogens with zero attached hydrogens (tertiary/aromatic N) is 4. The number of oxazole rings is 1. The molecule has 6 nitrogen and oxygen atoms in total. The molecule has 0 amide bonds. The van der Waals surface area contributed by atoms with Gasteiger partial charge >= 0.3 is 5.76 Å². The van der Waals surface area contributed by atoms with Gasteiger partial charge in [0.1, 0.15) is 0 Å². The van der Waals surface area contributed by atoms with Crippen molar-refractivity contribution >= 4 is 11.1 Å². The van der Waals surface area contributed by atoms with Crippen molar-refractivity contribution in [3.8, 4) is 11.1 Å². The number of benzene rings is 1. The van der Waals surface area contributed by atoms with Crippen molar-refractivity contribution in [2.45, 2.75) is 20.4 Å². The second kappa shape index (κ2) is 6.15. The number of hydrogen-bond donors (Lipinski definition) is 0. The minimum atomic E-state index is -0.665. The van der Waals surface area contributed by atoms with E-state index >= 15 is 0 Å². The third-order valence-corrected chi connectivity index (χ3v) is 4.76. The van der Waals surface area contributed by atoms with Gasteiger partial charge in [-0.3, -0.25) is 9.25 Å². The molecule has 1 aromatic carbocycles. The van der Waals surface area contributed by atoms with Gasteiger partial charge in [-0.05, 0) is 43.7 Å². The molecule has 0 radical (unpaired) electrons. The summed E-state index contributed by atoms with van der Waals surface area (Å²) in [5.74, 6) is -1.94. The molecule has 3 aromatic heterocycles. The molecular weight excluding hydrogens is 354 g/mol. The second-order valence-corrected chi connectivity index (χ2v) is 6.40. The number of aromatic nitrogens is 4. The summed E-state index contributed by atoms with van der Waals surface area (Å²) >= 11 is 0. The van der Waals surface area contributed by atoms with Gasteiger partial charge in [-0.25, -0.2) is 14.2 Å². The first-order valence-electron chi connectivity index (χ1n) is 8.29. The third-order valence-electron chi connectivity index (χ3n) is 4.76. The van der Waals surface area contributed by atoms with Gasteiger partial charge in [-0.15, -0.1) is 0 Å². The van der Waals surface area contributed by atoms with E-state index in [0.29, 0.717) is 16.6 Å². The molecule has 0 aliphatic rings. The molecular formula is C19H16F2N4O2. The standard InChI is InChI=1S/C19H16F2N4O2/c1-10-14(11(2)24(3)23-10)9-25-16-7-13(12-4-5-17(21)22-8-12)6-15(20)18(16)27-19(25)26/h4-8H,9H2,1-3H3. The minimum Gasteiger partial charge on any atom is -0.405 e. The van der Waals surface area contributed by atoms with Crippen molar-refractivity contribution in [2.75, 3.05) is 0 Å². The highest BCUT2D eigenvalue weighted by Gasteiger charge is 2.18. The maximum atomic E-state index is 14.5. The van der Waals surface area contributed by atoms with E-state index in [1.54, 1.807) is 10.7 Å². The topological polar surface area (TPSA) is 65.8 Å². The molecule has 4 rings (SSSR count). The first-order chi connectivity index (χ1) is 12.8. The maximum Gasteiger partial charge on any atom is 0.420 e. The first kappa shape index (κ1) is 17.1.